The summed E-state index contributed by atoms with van der Waals surface area (Å²) in [6.07, 6.45) is 6.18. The first-order valence-electron chi connectivity index (χ1n) is 17.4. The van der Waals surface area contributed by atoms with Crippen LogP contribution in [0, 0.1) is 5.41 Å². The van der Waals surface area contributed by atoms with E-state index in [0.717, 1.165) is 30.3 Å². The number of carbonyl (C=O) groups excluding carboxylic acids is 1. The minimum absolute atomic E-state index is 0.469. The van der Waals surface area contributed by atoms with Gasteiger partial charge in [0, 0.05) is 0 Å². The first kappa shape index (κ1) is 39.9. The van der Waals surface area contributed by atoms with Gasteiger partial charge in [-0.3, -0.25) is 0 Å². The first-order chi connectivity index (χ1) is 20.6. The Kier molecular flexibility index (Phi) is 14.0. The number of benzene rings is 1. The van der Waals surface area contributed by atoms with Gasteiger partial charge < -0.3 is 0 Å². The zero-order valence-electron chi connectivity index (χ0n) is 30.8. The fourth-order valence-electron chi connectivity index (χ4n) is 6.62. The quantitative estimate of drug-likeness (QED) is 0.177. The molecule has 1 aromatic rings. The van der Waals surface area contributed by atoms with Crippen molar-refractivity contribution in [1.29, 1.82) is 0 Å². The summed E-state index contributed by atoms with van der Waals surface area (Å²) >= 11 is -3.22. The summed E-state index contributed by atoms with van der Waals surface area (Å²) in [6.45, 7) is 26.7. The van der Waals surface area contributed by atoms with Crippen LogP contribution in [0.1, 0.15) is 140 Å². The van der Waals surface area contributed by atoms with Gasteiger partial charge in [0.2, 0.25) is 0 Å². The number of aliphatic carboxylic acids is 1. The predicted molar refractivity (Wildman–Crippen MR) is 190 cm³/mol. The molecule has 1 amide bonds. The van der Waals surface area contributed by atoms with Crippen molar-refractivity contribution in [1.82, 2.24) is 5.32 Å². The van der Waals surface area contributed by atoms with Gasteiger partial charge in [-0.25, -0.2) is 0 Å². The summed E-state index contributed by atoms with van der Waals surface area (Å²) in [6, 6.07) is 5.41. The number of rotatable bonds is 15. The molecule has 2 N–H and O–H groups in total. The van der Waals surface area contributed by atoms with Gasteiger partial charge in [0.15, 0.2) is 0 Å². The Morgan fingerprint density at radius 2 is 1.36 bits per heavy atom. The van der Waals surface area contributed by atoms with Gasteiger partial charge in [-0.05, 0) is 0 Å². The van der Waals surface area contributed by atoms with Gasteiger partial charge in [-0.1, -0.05) is 0 Å². The zero-order chi connectivity index (χ0) is 34.4. The second-order valence-electron chi connectivity index (χ2n) is 16.3. The summed E-state index contributed by atoms with van der Waals surface area (Å²) in [4.78, 5) is 26.1. The molecule has 2 atom stereocenters. The van der Waals surface area contributed by atoms with E-state index in [1.54, 1.807) is 20.8 Å². The van der Waals surface area contributed by atoms with Gasteiger partial charge in [-0.2, -0.15) is 0 Å². The van der Waals surface area contributed by atoms with Crippen LogP contribution in [0.3, 0.4) is 0 Å². The summed E-state index contributed by atoms with van der Waals surface area (Å²) in [7, 11) is -0.501. The van der Waals surface area contributed by atoms with E-state index < -0.39 is 71.7 Å². The monoisotopic (exact) mass is 737 g/mol. The van der Waals surface area contributed by atoms with E-state index >= 15 is 0 Å². The van der Waals surface area contributed by atoms with Crippen LogP contribution in [-0.2, 0) is 18.8 Å². The minimum atomic E-state index is -3.22. The van der Waals surface area contributed by atoms with Crippen LogP contribution in [0.4, 0.5) is 4.79 Å². The maximum atomic E-state index is 13.1. The van der Waals surface area contributed by atoms with Crippen molar-refractivity contribution in [2.75, 3.05) is 0 Å². The molecule has 2 rings (SSSR count). The fraction of sp³-hybridized carbons (Fsp3) is 0.778. The van der Waals surface area contributed by atoms with Crippen molar-refractivity contribution < 1.29 is 28.7 Å². The van der Waals surface area contributed by atoms with E-state index in [-0.39, 0.29) is 0 Å². The molecular formula is C36H64BNO6Sn. The summed E-state index contributed by atoms with van der Waals surface area (Å²) in [5.74, 6) is -1.54. The number of carboxylic acid groups (broad SMARTS) is 1. The molecule has 1 aliphatic rings. The number of carboxylic acids is 1. The Hall–Kier alpha value is -1.26. The Morgan fingerprint density at radius 1 is 0.889 bits per heavy atom. The molecule has 1 saturated heterocycles. The molecule has 0 aromatic heterocycles. The first-order valence-corrected chi connectivity index (χ1v) is 24.8. The molecule has 0 radical (unpaired) electrons. The van der Waals surface area contributed by atoms with Gasteiger partial charge in [0.25, 0.3) is 0 Å². The zero-order valence-corrected chi connectivity index (χ0v) is 33.7. The van der Waals surface area contributed by atoms with Crippen LogP contribution in [0.15, 0.2) is 18.2 Å². The molecule has 1 fully saturated rings. The molecule has 0 spiro atoms. The van der Waals surface area contributed by atoms with Crippen LogP contribution < -0.4 is 14.4 Å². The second kappa shape index (κ2) is 15.8. The van der Waals surface area contributed by atoms with Crippen molar-refractivity contribution in [2.45, 2.75) is 171 Å². The van der Waals surface area contributed by atoms with Crippen molar-refractivity contribution >= 4 is 46.6 Å². The van der Waals surface area contributed by atoms with Crippen molar-refractivity contribution in [3.63, 3.8) is 0 Å². The Balaban J connectivity index is 2.92. The number of alkyl carbamates (subject to hydrolysis) is 1. The van der Waals surface area contributed by atoms with E-state index in [1.807, 2.05) is 0 Å². The van der Waals surface area contributed by atoms with Gasteiger partial charge in [0.1, 0.15) is 0 Å². The second-order valence-corrected chi connectivity index (χ2v) is 29.5. The van der Waals surface area contributed by atoms with E-state index in [2.05, 4.69) is 92.8 Å². The van der Waals surface area contributed by atoms with Gasteiger partial charge in [-0.15, -0.1) is 0 Å². The van der Waals surface area contributed by atoms with Crippen LogP contribution >= 0.6 is 0 Å². The summed E-state index contributed by atoms with van der Waals surface area (Å²) in [5, 5.41) is 13.5. The number of amides is 1. The standard InChI is InChI=1S/C24H37BNO6.3C4H9.Sn/c1-21(2,3)17(18(19(27)28)26-20(29)30-22(4,5)6)15-11-13-16(14-12-15)25-31-23(7,8)24(9,10)32-25;3*1-3-4-2;/h11,13-14,17-18H,1-10H3,(H,26,29)(H,27,28);3*1,3-4H2,2H3;. The van der Waals surface area contributed by atoms with E-state index in [9.17, 15) is 14.7 Å². The normalized spacial score (nSPS) is 18.0. The van der Waals surface area contributed by atoms with Gasteiger partial charge >= 0.3 is 280 Å². The maximum absolute atomic E-state index is 13.1. The topological polar surface area (TPSA) is 94.1 Å². The third-order valence-electron chi connectivity index (χ3n) is 9.74. The van der Waals surface area contributed by atoms with Crippen LogP contribution in [-0.4, -0.2) is 65.5 Å². The number of ether oxygens (including phenoxy) is 1. The van der Waals surface area contributed by atoms with E-state index in [1.165, 1.54) is 36.2 Å². The number of hydrogen-bond donors (Lipinski definition) is 2. The van der Waals surface area contributed by atoms with Crippen molar-refractivity contribution in [3.05, 3.63) is 23.8 Å². The third kappa shape index (κ3) is 10.4. The summed E-state index contributed by atoms with van der Waals surface area (Å²) < 4.78 is 23.7. The molecule has 1 aliphatic heterocycles. The van der Waals surface area contributed by atoms with Gasteiger partial charge in [0.05, 0.1) is 0 Å². The molecule has 0 saturated carbocycles. The Labute approximate surface area is 279 Å². The number of nitrogens with one attached hydrogen (secondary N) is 1. The predicted octanol–water partition coefficient (Wildman–Crippen LogP) is 8.15. The number of carbonyl (C=O) groups is 2. The van der Waals surface area contributed by atoms with Crippen LogP contribution in [0.2, 0.25) is 13.3 Å². The van der Waals surface area contributed by atoms with Crippen molar-refractivity contribution in [3.8, 4) is 0 Å². The number of hydrogen-bond acceptors (Lipinski definition) is 5. The fourth-order valence-corrected chi connectivity index (χ4v) is 23.7. The molecule has 256 valence electrons. The summed E-state index contributed by atoms with van der Waals surface area (Å²) in [5.41, 5.74) is -0.0995. The average Bonchev–Trinajstić information content (AvgIpc) is 3.12. The SMILES string of the molecule is CCC[CH2][Sn]([CH2]CCC)([CH2]CCC)[c]1cc(B2OC(C)(C)C(C)(C)O2)ccc1C(C(NC(=O)OC(C)(C)C)C(=O)O)C(C)(C)C. The van der Waals surface area contributed by atoms with E-state index in [4.69, 9.17) is 14.0 Å². The molecule has 0 aliphatic carbocycles. The molecule has 7 nitrogen and oxygen atoms in total. The average molecular weight is 736 g/mol. The molecule has 45 heavy (non-hydrogen) atoms. The molecule has 9 heteroatoms. The van der Waals surface area contributed by atoms with Crippen molar-refractivity contribution in [2.24, 2.45) is 5.41 Å². The molecular weight excluding hydrogens is 672 g/mol. The molecule has 1 aromatic carbocycles. The molecule has 1 heterocycles. The third-order valence-corrected chi connectivity index (χ3v) is 25.5. The number of unbranched alkanes of at least 4 members (excludes halogenated alkanes) is 3. The van der Waals surface area contributed by atoms with Crippen LogP contribution in [0.25, 0.3) is 0 Å². The molecule has 2 unspecified atom stereocenters. The van der Waals surface area contributed by atoms with Crippen LogP contribution in [0.5, 0.6) is 0 Å². The Morgan fingerprint density at radius 3 is 1.73 bits per heavy atom. The molecule has 0 bridgehead atoms. The van der Waals surface area contributed by atoms with E-state index in [0.29, 0.717) is 0 Å². The Bertz CT molecular complexity index is 1100.